The largest absolute Gasteiger partial charge is 0.398 e. The quantitative estimate of drug-likeness (QED) is 0.100. The van der Waals surface area contributed by atoms with Crippen LogP contribution in [-0.4, -0.2) is 0 Å². The van der Waals surface area contributed by atoms with E-state index in [4.69, 9.17) is 5.73 Å². The van der Waals surface area contributed by atoms with E-state index in [0.29, 0.717) is 0 Å². The van der Waals surface area contributed by atoms with Gasteiger partial charge in [0.25, 0.3) is 0 Å². The maximum atomic E-state index is 6.21. The molecule has 0 radical (unpaired) electrons. The molecule has 0 saturated carbocycles. The molecule has 53 heavy (non-hydrogen) atoms. The molecule has 0 spiro atoms. The maximum Gasteiger partial charge on any atom is 0.0452 e. The molecule has 4 heteroatoms. The number of benzene rings is 8. The summed E-state index contributed by atoms with van der Waals surface area (Å²) in [7, 11) is 0. The summed E-state index contributed by atoms with van der Waals surface area (Å²) in [6.07, 6.45) is 0. The van der Waals surface area contributed by atoms with Gasteiger partial charge in [-0.15, -0.1) is 34.4 Å². The van der Waals surface area contributed by atoms with Gasteiger partial charge in [-0.3, -0.25) is 0 Å². The Morgan fingerprint density at radius 3 is 1.62 bits per heavy atom. The molecule has 2 aromatic heterocycles. The van der Waals surface area contributed by atoms with Gasteiger partial charge in [-0.25, -0.2) is 0 Å². The van der Waals surface area contributed by atoms with E-state index in [9.17, 15) is 0 Å². The van der Waals surface area contributed by atoms with E-state index < -0.39 is 0 Å². The molecule has 0 amide bonds. The fraction of sp³-hybridized carbons (Fsp3) is 0.0204. The van der Waals surface area contributed by atoms with Crippen molar-refractivity contribution in [3.63, 3.8) is 0 Å². The summed E-state index contributed by atoms with van der Waals surface area (Å²) in [6.45, 7) is 0. The average Bonchev–Trinajstić information content (AvgIpc) is 3.90. The number of thiophene rings is 2. The number of thioether (sulfide) groups is 1. The highest BCUT2D eigenvalue weighted by molar-refractivity contribution is 7.98. The Kier molecular flexibility index (Phi) is 8.10. The fourth-order valence-corrected chi connectivity index (χ4v) is 10.7. The Balaban J connectivity index is 1.12. The van der Waals surface area contributed by atoms with Crippen LogP contribution in [0, 0.1) is 0 Å². The molecular weight excluding hydrogens is 699 g/mol. The zero-order chi connectivity index (χ0) is 35.3. The number of nitrogens with two attached hydrogens (primary N) is 1. The SMILES string of the molecule is Nc1ccccc1SCc1ccc(-c2ccc(-c3ccc4c(-c5ccc6ccccc6c5)c5ccccc5c(-c5ccc6ccccc6c5)c4c3)s2)s1. The summed E-state index contributed by atoms with van der Waals surface area (Å²) in [5, 5.41) is 10.1. The molecule has 0 saturated heterocycles. The predicted octanol–water partition coefficient (Wildman–Crippen LogP) is 15.0. The third-order valence-corrected chi connectivity index (χ3v) is 13.9. The lowest BCUT2D eigenvalue weighted by molar-refractivity contribution is 1.43. The van der Waals surface area contributed by atoms with Crippen LogP contribution < -0.4 is 5.73 Å². The molecule has 0 aliphatic heterocycles. The Morgan fingerprint density at radius 2 is 0.925 bits per heavy atom. The Hall–Kier alpha value is -5.65. The van der Waals surface area contributed by atoms with Crippen LogP contribution in [0.15, 0.2) is 181 Å². The molecule has 0 atom stereocenters. The molecule has 0 bridgehead atoms. The lowest BCUT2D eigenvalue weighted by Crippen LogP contribution is -1.92. The second-order valence-corrected chi connectivity index (χ2v) is 16.7. The van der Waals surface area contributed by atoms with Crippen LogP contribution in [0.5, 0.6) is 0 Å². The molecule has 2 heterocycles. The third kappa shape index (κ3) is 5.90. The Morgan fingerprint density at radius 1 is 0.396 bits per heavy atom. The highest BCUT2D eigenvalue weighted by Crippen LogP contribution is 2.47. The van der Waals surface area contributed by atoms with Gasteiger partial charge in [-0.05, 0) is 126 Å². The molecule has 1 nitrogen and oxygen atoms in total. The van der Waals surface area contributed by atoms with Crippen LogP contribution in [0.4, 0.5) is 5.69 Å². The van der Waals surface area contributed by atoms with E-state index in [0.717, 1.165) is 16.3 Å². The summed E-state index contributed by atoms with van der Waals surface area (Å²) in [5.74, 6) is 0.910. The summed E-state index contributed by atoms with van der Waals surface area (Å²) in [5.41, 5.74) is 13.3. The van der Waals surface area contributed by atoms with Crippen molar-refractivity contribution in [1.82, 2.24) is 0 Å². The van der Waals surface area contributed by atoms with E-state index in [1.54, 1.807) is 11.8 Å². The number of anilines is 1. The predicted molar refractivity (Wildman–Crippen MR) is 234 cm³/mol. The number of nitrogen functional groups attached to an aromatic ring is 1. The van der Waals surface area contributed by atoms with E-state index in [2.05, 4.69) is 164 Å². The monoisotopic (exact) mass is 731 g/mol. The highest BCUT2D eigenvalue weighted by atomic mass is 32.2. The molecule has 2 N–H and O–H groups in total. The van der Waals surface area contributed by atoms with Crippen LogP contribution >= 0.6 is 34.4 Å². The Bertz CT molecular complexity index is 2990. The van der Waals surface area contributed by atoms with Gasteiger partial charge < -0.3 is 5.73 Å². The van der Waals surface area contributed by atoms with Gasteiger partial charge in [0, 0.05) is 35.8 Å². The third-order valence-electron chi connectivity index (χ3n) is 10.2. The normalized spacial score (nSPS) is 11.6. The molecule has 0 fully saturated rings. The molecule has 252 valence electrons. The zero-order valence-corrected chi connectivity index (χ0v) is 31.2. The summed E-state index contributed by atoms with van der Waals surface area (Å²) < 4.78 is 0. The Labute approximate surface area is 321 Å². The fourth-order valence-electron chi connectivity index (χ4n) is 7.62. The number of para-hydroxylation sites is 1. The van der Waals surface area contributed by atoms with Gasteiger partial charge in [-0.2, -0.15) is 0 Å². The highest BCUT2D eigenvalue weighted by Gasteiger charge is 2.19. The van der Waals surface area contributed by atoms with E-state index in [-0.39, 0.29) is 0 Å². The van der Waals surface area contributed by atoms with Gasteiger partial charge in [-0.1, -0.05) is 121 Å². The molecule has 10 rings (SSSR count). The van der Waals surface area contributed by atoms with Gasteiger partial charge in [0.1, 0.15) is 0 Å². The molecule has 0 unspecified atom stereocenters. The number of hydrogen-bond acceptors (Lipinski definition) is 4. The minimum atomic E-state index is 0.841. The summed E-state index contributed by atoms with van der Waals surface area (Å²) >= 11 is 5.54. The van der Waals surface area contributed by atoms with Gasteiger partial charge in [0.15, 0.2) is 0 Å². The van der Waals surface area contributed by atoms with Crippen molar-refractivity contribution >= 4 is 83.2 Å². The van der Waals surface area contributed by atoms with Crippen molar-refractivity contribution in [3.8, 4) is 42.4 Å². The topological polar surface area (TPSA) is 26.0 Å². The van der Waals surface area contributed by atoms with Gasteiger partial charge in [0.05, 0.1) is 0 Å². The summed E-state index contributed by atoms with van der Waals surface area (Å²) in [6, 6.07) is 64.4. The van der Waals surface area contributed by atoms with E-state index in [1.807, 2.05) is 34.8 Å². The van der Waals surface area contributed by atoms with E-state index >= 15 is 0 Å². The molecule has 8 aromatic carbocycles. The van der Waals surface area contributed by atoms with Crippen LogP contribution in [0.2, 0.25) is 0 Å². The van der Waals surface area contributed by atoms with Gasteiger partial charge >= 0.3 is 0 Å². The number of fused-ring (bicyclic) bond motifs is 4. The van der Waals surface area contributed by atoms with Crippen molar-refractivity contribution < 1.29 is 0 Å². The average molecular weight is 732 g/mol. The van der Waals surface area contributed by atoms with E-state index in [1.165, 1.54) is 90.4 Å². The van der Waals surface area contributed by atoms with Crippen LogP contribution in [-0.2, 0) is 5.75 Å². The molecule has 0 aliphatic rings. The smallest absolute Gasteiger partial charge is 0.0452 e. The van der Waals surface area contributed by atoms with Crippen LogP contribution in [0.1, 0.15) is 4.88 Å². The van der Waals surface area contributed by atoms with Crippen molar-refractivity contribution in [2.45, 2.75) is 10.6 Å². The number of hydrogen-bond donors (Lipinski definition) is 1. The van der Waals surface area contributed by atoms with Crippen molar-refractivity contribution in [2.75, 3.05) is 5.73 Å². The van der Waals surface area contributed by atoms with Crippen LogP contribution in [0.3, 0.4) is 0 Å². The molecule has 0 aliphatic carbocycles. The second-order valence-electron chi connectivity index (χ2n) is 13.4. The lowest BCUT2D eigenvalue weighted by atomic mass is 9.84. The van der Waals surface area contributed by atoms with Crippen molar-refractivity contribution in [2.24, 2.45) is 0 Å². The molecule has 10 aromatic rings. The lowest BCUT2D eigenvalue weighted by Gasteiger charge is -2.19. The van der Waals surface area contributed by atoms with Crippen LogP contribution in [0.25, 0.3) is 85.5 Å². The first kappa shape index (κ1) is 32.0. The minimum Gasteiger partial charge on any atom is -0.398 e. The first-order valence-corrected chi connectivity index (χ1v) is 20.4. The maximum absolute atomic E-state index is 6.21. The molecular formula is C49H33NS3. The summed E-state index contributed by atoms with van der Waals surface area (Å²) in [4.78, 5) is 6.36. The standard InChI is InChI=1S/C49H33NS3/c50-43-15-7-8-16-45(43)51-30-38-22-24-46(52-38)47-26-25-44(53-47)35-21-23-41-42(29-35)49(37-20-18-32-10-2-4-12-34(32)28-37)40-14-6-5-13-39(40)48(41)36-19-17-31-9-1-3-11-33(31)27-36/h1-29H,30,50H2. The first-order chi connectivity index (χ1) is 26.2. The number of rotatable bonds is 7. The minimum absolute atomic E-state index is 0.841. The zero-order valence-electron chi connectivity index (χ0n) is 28.8. The van der Waals surface area contributed by atoms with Crippen molar-refractivity contribution in [1.29, 1.82) is 0 Å². The first-order valence-electron chi connectivity index (χ1n) is 17.8. The van der Waals surface area contributed by atoms with Crippen molar-refractivity contribution in [3.05, 3.63) is 181 Å². The van der Waals surface area contributed by atoms with Gasteiger partial charge in [0.2, 0.25) is 0 Å². The second kappa shape index (κ2) is 13.4.